The topological polar surface area (TPSA) is 41.6 Å². The minimum Gasteiger partial charge on any atom is -0.309 e. The van der Waals surface area contributed by atoms with E-state index in [1.165, 1.54) is 43.6 Å². The smallest absolute Gasteiger partial charge is 0.0992 e. The first-order chi connectivity index (χ1) is 26.2. The Morgan fingerprint density at radius 1 is 0.434 bits per heavy atom. The minimum atomic E-state index is 0.649. The van der Waals surface area contributed by atoms with Crippen molar-refractivity contribution in [3.05, 3.63) is 181 Å². The Balaban J connectivity index is 1.24. The molecule has 11 aromatic rings. The fourth-order valence-electron chi connectivity index (χ4n) is 8.65. The molecule has 244 valence electrons. The van der Waals surface area contributed by atoms with Crippen molar-refractivity contribution in [2.75, 3.05) is 0 Å². The van der Waals surface area contributed by atoms with Crippen molar-refractivity contribution in [1.29, 1.82) is 5.26 Å². The summed E-state index contributed by atoms with van der Waals surface area (Å²) in [6, 6.07) is 65.1. The molecule has 2 heterocycles. The van der Waals surface area contributed by atoms with Crippen molar-refractivity contribution in [2.24, 2.45) is 0 Å². The summed E-state index contributed by atoms with van der Waals surface area (Å²) >= 11 is 0. The van der Waals surface area contributed by atoms with Gasteiger partial charge in [-0.2, -0.15) is 5.26 Å². The van der Waals surface area contributed by atoms with Crippen LogP contribution in [0.4, 0.5) is 0 Å². The number of hydrogen-bond acceptors (Lipinski definition) is 2. The van der Waals surface area contributed by atoms with Gasteiger partial charge in [-0.3, -0.25) is 0 Å². The summed E-state index contributed by atoms with van der Waals surface area (Å²) in [4.78, 5) is 5.18. The highest BCUT2D eigenvalue weighted by Gasteiger charge is 2.21. The molecule has 0 radical (unpaired) electrons. The molecular weight excluding hydrogens is 643 g/mol. The second kappa shape index (κ2) is 11.4. The van der Waals surface area contributed by atoms with Crippen LogP contribution in [0.3, 0.4) is 0 Å². The van der Waals surface area contributed by atoms with Crippen LogP contribution >= 0.6 is 0 Å². The molecule has 11 rings (SSSR count). The minimum absolute atomic E-state index is 0.649. The molecule has 2 aromatic heterocycles. The predicted octanol–water partition coefficient (Wildman–Crippen LogP) is 13.2. The summed E-state index contributed by atoms with van der Waals surface area (Å²) in [5.41, 5.74) is 10.7. The SMILES string of the molecule is N#Cc1ccc2c3ccc(-c4c5ccccc5c(-c5cc6cc7ccccc7nc6c6ccccc56)c5ccccc45)cc3n(-c3ccccc3)c2c1. The molecule has 0 saturated heterocycles. The second-order valence-corrected chi connectivity index (χ2v) is 13.8. The largest absolute Gasteiger partial charge is 0.309 e. The lowest BCUT2D eigenvalue weighted by atomic mass is 9.84. The number of hydrogen-bond donors (Lipinski definition) is 0. The van der Waals surface area contributed by atoms with Crippen molar-refractivity contribution in [1.82, 2.24) is 9.55 Å². The van der Waals surface area contributed by atoms with Crippen LogP contribution in [-0.2, 0) is 0 Å². The average molecular weight is 672 g/mol. The van der Waals surface area contributed by atoms with E-state index >= 15 is 0 Å². The highest BCUT2D eigenvalue weighted by atomic mass is 15.0. The zero-order valence-corrected chi connectivity index (χ0v) is 28.6. The van der Waals surface area contributed by atoms with E-state index in [2.05, 4.69) is 168 Å². The number of pyridine rings is 1. The van der Waals surface area contributed by atoms with Crippen molar-refractivity contribution in [2.45, 2.75) is 0 Å². The van der Waals surface area contributed by atoms with Gasteiger partial charge in [0.1, 0.15) is 0 Å². The number of aromatic nitrogens is 2. The molecule has 0 amide bonds. The standard InChI is InChI=1S/C50H29N3/c51-30-31-22-24-37-38-25-23-33(29-47(38)53(46(37)26-31)35-13-2-1-3-14-35)48-39-16-6-8-18-41(39)49(42-19-9-7-17-40(42)48)44-28-34-27-32-12-4-11-21-45(32)52-50(34)43-20-10-5-15-36(43)44/h1-29H. The molecule has 0 aliphatic carbocycles. The van der Waals surface area contributed by atoms with Gasteiger partial charge in [-0.25, -0.2) is 4.98 Å². The Bertz CT molecular complexity index is 3290. The van der Waals surface area contributed by atoms with Gasteiger partial charge >= 0.3 is 0 Å². The van der Waals surface area contributed by atoms with Crippen LogP contribution in [0.1, 0.15) is 5.56 Å². The third-order valence-electron chi connectivity index (χ3n) is 10.9. The van der Waals surface area contributed by atoms with Gasteiger partial charge in [-0.15, -0.1) is 0 Å². The average Bonchev–Trinajstić information content (AvgIpc) is 3.55. The highest BCUT2D eigenvalue weighted by Crippen LogP contribution is 2.47. The number of fused-ring (bicyclic) bond motifs is 9. The van der Waals surface area contributed by atoms with Crippen molar-refractivity contribution < 1.29 is 0 Å². The molecular formula is C50H29N3. The van der Waals surface area contributed by atoms with Gasteiger partial charge in [0.05, 0.1) is 33.7 Å². The third-order valence-corrected chi connectivity index (χ3v) is 10.9. The molecule has 0 unspecified atom stereocenters. The molecule has 3 heteroatoms. The third kappa shape index (κ3) is 4.37. The predicted molar refractivity (Wildman–Crippen MR) is 222 cm³/mol. The van der Waals surface area contributed by atoms with E-state index in [1.54, 1.807) is 0 Å². The van der Waals surface area contributed by atoms with E-state index < -0.39 is 0 Å². The lowest BCUT2D eigenvalue weighted by Gasteiger charge is -2.20. The van der Waals surface area contributed by atoms with Gasteiger partial charge in [0.2, 0.25) is 0 Å². The van der Waals surface area contributed by atoms with Crippen LogP contribution in [0.25, 0.3) is 104 Å². The van der Waals surface area contributed by atoms with Gasteiger partial charge in [-0.05, 0) is 97.7 Å². The Kier molecular flexibility index (Phi) is 6.32. The quantitative estimate of drug-likeness (QED) is 0.139. The lowest BCUT2D eigenvalue weighted by molar-refractivity contribution is 1.18. The van der Waals surface area contributed by atoms with Crippen molar-refractivity contribution in [3.63, 3.8) is 0 Å². The Labute approximate surface area is 305 Å². The van der Waals surface area contributed by atoms with Gasteiger partial charge in [0.25, 0.3) is 0 Å². The zero-order chi connectivity index (χ0) is 35.0. The molecule has 3 nitrogen and oxygen atoms in total. The van der Waals surface area contributed by atoms with E-state index in [9.17, 15) is 5.26 Å². The number of para-hydroxylation sites is 2. The summed E-state index contributed by atoms with van der Waals surface area (Å²) in [7, 11) is 0. The summed E-state index contributed by atoms with van der Waals surface area (Å²) in [6.07, 6.45) is 0. The molecule has 0 spiro atoms. The second-order valence-electron chi connectivity index (χ2n) is 13.8. The molecule has 0 bridgehead atoms. The number of nitrogens with zero attached hydrogens (tertiary/aromatic N) is 3. The first-order valence-corrected chi connectivity index (χ1v) is 17.9. The number of rotatable bonds is 3. The van der Waals surface area contributed by atoms with Gasteiger partial charge in [0, 0.05) is 32.6 Å². The van der Waals surface area contributed by atoms with Crippen LogP contribution < -0.4 is 0 Å². The molecule has 0 saturated carbocycles. The van der Waals surface area contributed by atoms with E-state index in [-0.39, 0.29) is 0 Å². The Morgan fingerprint density at radius 3 is 1.74 bits per heavy atom. The lowest BCUT2D eigenvalue weighted by Crippen LogP contribution is -1.95. The Morgan fingerprint density at radius 2 is 1.02 bits per heavy atom. The maximum absolute atomic E-state index is 9.82. The maximum Gasteiger partial charge on any atom is 0.0992 e. The normalized spacial score (nSPS) is 11.8. The van der Waals surface area contributed by atoms with E-state index in [0.717, 1.165) is 60.2 Å². The molecule has 53 heavy (non-hydrogen) atoms. The summed E-state index contributed by atoms with van der Waals surface area (Å²) < 4.78 is 2.30. The fraction of sp³-hybridized carbons (Fsp3) is 0. The first kappa shape index (κ1) is 29.5. The van der Waals surface area contributed by atoms with Crippen molar-refractivity contribution in [3.8, 4) is 34.0 Å². The van der Waals surface area contributed by atoms with Crippen LogP contribution in [0, 0.1) is 11.3 Å². The van der Waals surface area contributed by atoms with E-state index in [1.807, 2.05) is 18.2 Å². The Hall–Kier alpha value is -7.28. The van der Waals surface area contributed by atoms with Crippen LogP contribution in [0.15, 0.2) is 176 Å². The first-order valence-electron chi connectivity index (χ1n) is 17.9. The molecule has 0 N–H and O–H groups in total. The highest BCUT2D eigenvalue weighted by molar-refractivity contribution is 6.26. The molecule has 0 aliphatic heterocycles. The van der Waals surface area contributed by atoms with Gasteiger partial charge in [-0.1, -0.05) is 127 Å². The summed E-state index contributed by atoms with van der Waals surface area (Å²) in [5, 5.41) is 21.6. The zero-order valence-electron chi connectivity index (χ0n) is 28.6. The fourth-order valence-corrected chi connectivity index (χ4v) is 8.65. The van der Waals surface area contributed by atoms with Crippen LogP contribution in [-0.4, -0.2) is 9.55 Å². The van der Waals surface area contributed by atoms with E-state index in [4.69, 9.17) is 4.98 Å². The maximum atomic E-state index is 9.82. The molecule has 0 aliphatic rings. The summed E-state index contributed by atoms with van der Waals surface area (Å²) in [6.45, 7) is 0. The molecule has 9 aromatic carbocycles. The van der Waals surface area contributed by atoms with Crippen LogP contribution in [0.2, 0.25) is 0 Å². The summed E-state index contributed by atoms with van der Waals surface area (Å²) in [5.74, 6) is 0. The van der Waals surface area contributed by atoms with Gasteiger partial charge in [0.15, 0.2) is 0 Å². The van der Waals surface area contributed by atoms with Crippen molar-refractivity contribution >= 4 is 75.9 Å². The van der Waals surface area contributed by atoms with E-state index in [0.29, 0.717) is 5.56 Å². The molecule has 0 atom stereocenters. The van der Waals surface area contributed by atoms with Crippen LogP contribution in [0.5, 0.6) is 0 Å². The molecule has 0 fully saturated rings. The monoisotopic (exact) mass is 671 g/mol. The number of benzene rings is 9. The van der Waals surface area contributed by atoms with Gasteiger partial charge < -0.3 is 4.57 Å². The number of nitriles is 1.